The van der Waals surface area contributed by atoms with Gasteiger partial charge in [0.1, 0.15) is 13.2 Å². The molecule has 0 N–H and O–H groups in total. The van der Waals surface area contributed by atoms with Crippen LogP contribution in [0.2, 0.25) is 0 Å². The van der Waals surface area contributed by atoms with E-state index in [9.17, 15) is 14.4 Å². The Morgan fingerprint density at radius 2 is 0.451 bits per heavy atom. The molecule has 0 amide bonds. The van der Waals surface area contributed by atoms with Gasteiger partial charge in [0, 0.05) is 19.3 Å². The molecule has 0 aliphatic carbocycles. The van der Waals surface area contributed by atoms with E-state index in [0.29, 0.717) is 19.3 Å². The van der Waals surface area contributed by atoms with E-state index in [1.807, 2.05) is 0 Å². The third-order valence-electron chi connectivity index (χ3n) is 16.2. The predicted octanol–water partition coefficient (Wildman–Crippen LogP) is 25.1. The van der Waals surface area contributed by atoms with Gasteiger partial charge in [-0.05, 0) is 103 Å². The summed E-state index contributed by atoms with van der Waals surface area (Å²) in [7, 11) is 0. The van der Waals surface area contributed by atoms with Crippen LogP contribution in [0.4, 0.5) is 0 Å². The van der Waals surface area contributed by atoms with E-state index in [4.69, 9.17) is 14.2 Å². The molecule has 0 spiro atoms. The Balaban J connectivity index is 4.27. The Kier molecular flexibility index (Phi) is 68.1. The first-order valence-corrected chi connectivity index (χ1v) is 36.3. The highest BCUT2D eigenvalue weighted by atomic mass is 16.6. The van der Waals surface area contributed by atoms with Crippen molar-refractivity contribution in [3.63, 3.8) is 0 Å². The third kappa shape index (κ3) is 67.9. The number of hydrogen-bond acceptors (Lipinski definition) is 6. The van der Waals surface area contributed by atoms with E-state index in [1.165, 1.54) is 263 Å². The van der Waals surface area contributed by atoms with Crippen LogP contribution in [-0.4, -0.2) is 37.2 Å². The van der Waals surface area contributed by atoms with Crippen molar-refractivity contribution in [2.24, 2.45) is 0 Å². The molecule has 6 heteroatoms. The Morgan fingerprint density at radius 1 is 0.244 bits per heavy atom. The van der Waals surface area contributed by atoms with Crippen molar-refractivity contribution in [1.82, 2.24) is 0 Å². The summed E-state index contributed by atoms with van der Waals surface area (Å²) in [6.07, 6.45) is 91.1. The second-order valence-electron chi connectivity index (χ2n) is 24.5. The Bertz CT molecular complexity index is 1460. The molecule has 0 aliphatic rings. The molecule has 1 unspecified atom stereocenters. The van der Waals surface area contributed by atoms with Gasteiger partial charge in [0.25, 0.3) is 0 Å². The van der Waals surface area contributed by atoms with E-state index < -0.39 is 6.10 Å². The maximum atomic E-state index is 13.0. The Labute approximate surface area is 510 Å². The van der Waals surface area contributed by atoms with Gasteiger partial charge in [-0.1, -0.05) is 326 Å². The standard InChI is InChI=1S/C76H138O6/c1-4-7-10-13-16-19-22-25-28-30-32-34-36-38-40-42-44-46-48-51-54-57-60-63-66-69-75(78)81-72-73(71-80-74(77)68-65-62-59-56-53-50-27-24-21-18-15-12-9-6-3)82-76(79)70-67-64-61-58-55-52-49-47-45-43-41-39-37-35-33-31-29-26-23-20-17-14-11-8-5-2/h15,18,22,24-25,27,30-33,73H,4-14,16-17,19-21,23,26,28-29,34-72H2,1-3H3/b18-15-,25-22-,27-24-,32-30-,33-31-. The minimum absolute atomic E-state index is 0.0761. The zero-order chi connectivity index (χ0) is 59.2. The molecule has 0 aromatic carbocycles. The van der Waals surface area contributed by atoms with Crippen molar-refractivity contribution in [2.75, 3.05) is 13.2 Å². The highest BCUT2D eigenvalue weighted by Gasteiger charge is 2.19. The van der Waals surface area contributed by atoms with E-state index in [0.717, 1.165) is 83.5 Å². The lowest BCUT2D eigenvalue weighted by Gasteiger charge is -2.18. The van der Waals surface area contributed by atoms with E-state index in [-0.39, 0.29) is 31.1 Å². The smallest absolute Gasteiger partial charge is 0.306 e. The van der Waals surface area contributed by atoms with Crippen molar-refractivity contribution in [1.29, 1.82) is 0 Å². The fourth-order valence-electron chi connectivity index (χ4n) is 10.7. The SMILES string of the molecule is CCCC/C=C\C/C=C\CCCCCCCC(=O)OCC(COC(=O)CCCCCCCCCCCCCCC/C=C\C/C=C\CCCCCCC)OC(=O)CCCCCCCCCCCCCCC/C=C\CCCCCCCCCC. The van der Waals surface area contributed by atoms with Crippen LogP contribution in [0.3, 0.4) is 0 Å². The number of hydrogen-bond donors (Lipinski definition) is 0. The first-order valence-electron chi connectivity index (χ1n) is 36.3. The zero-order valence-corrected chi connectivity index (χ0v) is 55.0. The number of esters is 3. The fraction of sp³-hybridized carbons (Fsp3) is 0.829. The summed E-state index contributed by atoms with van der Waals surface area (Å²) in [5.74, 6) is -0.868. The van der Waals surface area contributed by atoms with Crippen molar-refractivity contribution < 1.29 is 28.6 Å². The van der Waals surface area contributed by atoms with Crippen molar-refractivity contribution in [3.05, 3.63) is 60.8 Å². The molecule has 0 aromatic heterocycles. The summed E-state index contributed by atoms with van der Waals surface area (Å²) in [5.41, 5.74) is 0. The van der Waals surface area contributed by atoms with Crippen LogP contribution in [-0.2, 0) is 28.6 Å². The lowest BCUT2D eigenvalue weighted by atomic mass is 10.0. The number of carbonyl (C=O) groups is 3. The van der Waals surface area contributed by atoms with Gasteiger partial charge in [-0.2, -0.15) is 0 Å². The van der Waals surface area contributed by atoms with E-state index >= 15 is 0 Å². The van der Waals surface area contributed by atoms with Crippen LogP contribution in [0.5, 0.6) is 0 Å². The Morgan fingerprint density at radius 3 is 0.720 bits per heavy atom. The highest BCUT2D eigenvalue weighted by Crippen LogP contribution is 2.18. The molecule has 1 atom stereocenters. The second kappa shape index (κ2) is 70.6. The summed E-state index contributed by atoms with van der Waals surface area (Å²) >= 11 is 0. The molecule has 0 saturated carbocycles. The zero-order valence-electron chi connectivity index (χ0n) is 55.0. The lowest BCUT2D eigenvalue weighted by molar-refractivity contribution is -0.167. The summed E-state index contributed by atoms with van der Waals surface area (Å²) in [6.45, 7) is 6.64. The number of ether oxygens (including phenoxy) is 3. The first-order chi connectivity index (χ1) is 40.5. The number of allylic oxidation sites excluding steroid dienone is 10. The molecular formula is C76H138O6. The van der Waals surface area contributed by atoms with Gasteiger partial charge >= 0.3 is 17.9 Å². The number of carbonyl (C=O) groups excluding carboxylic acids is 3. The molecule has 478 valence electrons. The van der Waals surface area contributed by atoms with E-state index in [2.05, 4.69) is 81.5 Å². The fourth-order valence-corrected chi connectivity index (χ4v) is 10.7. The average Bonchev–Trinajstić information content (AvgIpc) is 3.48. The van der Waals surface area contributed by atoms with Crippen LogP contribution >= 0.6 is 0 Å². The van der Waals surface area contributed by atoms with Gasteiger partial charge < -0.3 is 14.2 Å². The van der Waals surface area contributed by atoms with Gasteiger partial charge in [0.05, 0.1) is 0 Å². The maximum Gasteiger partial charge on any atom is 0.306 e. The predicted molar refractivity (Wildman–Crippen MR) is 358 cm³/mol. The van der Waals surface area contributed by atoms with Crippen LogP contribution in [0.1, 0.15) is 387 Å². The van der Waals surface area contributed by atoms with Crippen molar-refractivity contribution in [3.8, 4) is 0 Å². The van der Waals surface area contributed by atoms with Gasteiger partial charge in [0.15, 0.2) is 6.10 Å². The molecule has 0 radical (unpaired) electrons. The summed E-state index contributed by atoms with van der Waals surface area (Å²) in [6, 6.07) is 0. The molecule has 0 bridgehead atoms. The third-order valence-corrected chi connectivity index (χ3v) is 16.2. The quantitative estimate of drug-likeness (QED) is 0.0261. The molecule has 0 saturated heterocycles. The van der Waals surface area contributed by atoms with E-state index in [1.54, 1.807) is 0 Å². The summed E-state index contributed by atoms with van der Waals surface area (Å²) in [5, 5.41) is 0. The average molecular weight is 1150 g/mol. The highest BCUT2D eigenvalue weighted by molar-refractivity contribution is 5.71. The Hall–Kier alpha value is -2.89. The molecular weight excluding hydrogens is 1010 g/mol. The maximum absolute atomic E-state index is 13.0. The van der Waals surface area contributed by atoms with Gasteiger partial charge in [-0.25, -0.2) is 0 Å². The summed E-state index contributed by atoms with van der Waals surface area (Å²) < 4.78 is 17.0. The number of unbranched alkanes of at least 4 members (excludes halogenated alkanes) is 46. The van der Waals surface area contributed by atoms with Crippen molar-refractivity contribution in [2.45, 2.75) is 393 Å². The largest absolute Gasteiger partial charge is 0.462 e. The molecule has 0 fully saturated rings. The minimum Gasteiger partial charge on any atom is -0.462 e. The topological polar surface area (TPSA) is 78.9 Å². The van der Waals surface area contributed by atoms with Crippen LogP contribution in [0.25, 0.3) is 0 Å². The lowest BCUT2D eigenvalue weighted by Crippen LogP contribution is -2.30. The molecule has 0 rings (SSSR count). The monoisotopic (exact) mass is 1150 g/mol. The second-order valence-corrected chi connectivity index (χ2v) is 24.5. The van der Waals surface area contributed by atoms with Crippen LogP contribution < -0.4 is 0 Å². The van der Waals surface area contributed by atoms with Crippen LogP contribution in [0, 0.1) is 0 Å². The molecule has 0 heterocycles. The van der Waals surface area contributed by atoms with Crippen LogP contribution in [0.15, 0.2) is 60.8 Å². The van der Waals surface area contributed by atoms with Gasteiger partial charge in [-0.3, -0.25) is 14.4 Å². The summed E-state index contributed by atoms with van der Waals surface area (Å²) in [4.78, 5) is 38.5. The molecule has 0 aliphatic heterocycles. The minimum atomic E-state index is -0.781. The molecule has 82 heavy (non-hydrogen) atoms. The van der Waals surface area contributed by atoms with Crippen molar-refractivity contribution >= 4 is 17.9 Å². The van der Waals surface area contributed by atoms with Gasteiger partial charge in [-0.15, -0.1) is 0 Å². The number of rotatable bonds is 67. The van der Waals surface area contributed by atoms with Gasteiger partial charge in [0.2, 0.25) is 0 Å². The molecule has 6 nitrogen and oxygen atoms in total. The molecule has 0 aromatic rings. The normalized spacial score (nSPS) is 12.4. The first kappa shape index (κ1) is 79.1.